The van der Waals surface area contributed by atoms with Gasteiger partial charge < -0.3 is 9.64 Å². The number of halogens is 2. The van der Waals surface area contributed by atoms with Crippen LogP contribution < -0.4 is 9.64 Å². The summed E-state index contributed by atoms with van der Waals surface area (Å²) in [6.45, 7) is 2.23. The fourth-order valence-electron chi connectivity index (χ4n) is 1.88. The minimum atomic E-state index is 0.646. The molecule has 4 heteroatoms. The Hall–Kier alpha value is -0.410. The van der Waals surface area contributed by atoms with Gasteiger partial charge in [0.1, 0.15) is 5.75 Å². The molecule has 0 N–H and O–H groups in total. The second-order valence-corrected chi connectivity index (χ2v) is 4.89. The van der Waals surface area contributed by atoms with Gasteiger partial charge in [0.05, 0.1) is 17.8 Å². The van der Waals surface area contributed by atoms with Crippen LogP contribution in [0.25, 0.3) is 0 Å². The first-order valence-electron chi connectivity index (χ1n) is 5.00. The molecule has 1 aromatic carbocycles. The second-order valence-electron chi connectivity index (χ2n) is 3.63. The molecule has 0 unspecified atom stereocenters. The number of methoxy groups -OCH3 is 1. The highest BCUT2D eigenvalue weighted by Crippen LogP contribution is 2.37. The summed E-state index contributed by atoms with van der Waals surface area (Å²) in [4.78, 5) is 2.35. The summed E-state index contributed by atoms with van der Waals surface area (Å²) in [6.07, 6.45) is 2.52. The van der Waals surface area contributed by atoms with Crippen molar-refractivity contribution in [1.82, 2.24) is 0 Å². The Balaban J connectivity index is 2.37. The highest BCUT2D eigenvalue weighted by Gasteiger charge is 2.17. The van der Waals surface area contributed by atoms with Crippen molar-refractivity contribution < 1.29 is 4.74 Å². The van der Waals surface area contributed by atoms with E-state index in [1.807, 2.05) is 12.1 Å². The fourth-order valence-corrected chi connectivity index (χ4v) is 2.84. The number of benzene rings is 1. The summed E-state index contributed by atoms with van der Waals surface area (Å²) in [5.74, 6) is 0.738. The number of nitrogens with zero attached hydrogens (tertiary/aromatic N) is 1. The van der Waals surface area contributed by atoms with Crippen molar-refractivity contribution in [1.29, 1.82) is 0 Å². The van der Waals surface area contributed by atoms with Crippen LogP contribution in [0, 0.1) is 0 Å². The predicted molar refractivity (Wildman–Crippen MR) is 67.2 cm³/mol. The van der Waals surface area contributed by atoms with Crippen LogP contribution in [0.3, 0.4) is 0 Å². The van der Waals surface area contributed by atoms with Crippen molar-refractivity contribution >= 4 is 33.2 Å². The third-order valence-corrected chi connectivity index (χ3v) is 3.60. The number of hydrogen-bond acceptors (Lipinski definition) is 2. The van der Waals surface area contributed by atoms with E-state index in [1.54, 1.807) is 7.11 Å². The van der Waals surface area contributed by atoms with Gasteiger partial charge in [-0.2, -0.15) is 0 Å². The lowest BCUT2D eigenvalue weighted by Gasteiger charge is -2.20. The topological polar surface area (TPSA) is 12.5 Å². The highest BCUT2D eigenvalue weighted by molar-refractivity contribution is 9.10. The molecule has 0 amide bonds. The molecule has 1 heterocycles. The molecule has 0 spiro atoms. The number of anilines is 1. The highest BCUT2D eigenvalue weighted by atomic mass is 79.9. The zero-order chi connectivity index (χ0) is 10.8. The molecule has 0 aromatic heterocycles. The molecule has 0 saturated carbocycles. The molecule has 0 atom stereocenters. The van der Waals surface area contributed by atoms with E-state index in [0.29, 0.717) is 5.02 Å². The van der Waals surface area contributed by atoms with Crippen LogP contribution in [-0.4, -0.2) is 20.2 Å². The number of hydrogen-bond donors (Lipinski definition) is 0. The van der Waals surface area contributed by atoms with Crippen LogP contribution in [0.4, 0.5) is 5.69 Å². The summed E-state index contributed by atoms with van der Waals surface area (Å²) in [5, 5.41) is 0.646. The Morgan fingerprint density at radius 1 is 1.33 bits per heavy atom. The first kappa shape index (κ1) is 11.1. The molecule has 0 bridgehead atoms. The Morgan fingerprint density at radius 2 is 2.00 bits per heavy atom. The molecule has 1 fully saturated rings. The fraction of sp³-hybridized carbons (Fsp3) is 0.455. The van der Waals surface area contributed by atoms with Gasteiger partial charge in [-0.1, -0.05) is 11.6 Å². The lowest BCUT2D eigenvalue weighted by molar-refractivity contribution is 0.415. The first-order chi connectivity index (χ1) is 7.22. The zero-order valence-electron chi connectivity index (χ0n) is 8.59. The average Bonchev–Trinajstić information content (AvgIpc) is 2.71. The van der Waals surface area contributed by atoms with E-state index >= 15 is 0 Å². The number of ether oxygens (including phenoxy) is 1. The van der Waals surface area contributed by atoms with E-state index in [1.165, 1.54) is 18.5 Å². The lowest BCUT2D eigenvalue weighted by atomic mass is 10.3. The largest absolute Gasteiger partial charge is 0.495 e. The third kappa shape index (κ3) is 2.23. The van der Waals surface area contributed by atoms with Gasteiger partial charge in [-0.25, -0.2) is 0 Å². The maximum absolute atomic E-state index is 6.03. The average molecular weight is 291 g/mol. The van der Waals surface area contributed by atoms with Crippen LogP contribution in [0.5, 0.6) is 5.75 Å². The molecule has 1 aromatic rings. The van der Waals surface area contributed by atoms with Crippen LogP contribution in [-0.2, 0) is 0 Å². The van der Waals surface area contributed by atoms with Crippen molar-refractivity contribution in [3.8, 4) is 5.75 Å². The molecule has 2 nitrogen and oxygen atoms in total. The first-order valence-corrected chi connectivity index (χ1v) is 6.17. The molecular formula is C11H13BrClNO. The molecule has 82 valence electrons. The van der Waals surface area contributed by atoms with Gasteiger partial charge in [-0.05, 0) is 34.8 Å². The Bertz CT molecular complexity index is 364. The Morgan fingerprint density at radius 3 is 2.60 bits per heavy atom. The van der Waals surface area contributed by atoms with Crippen molar-refractivity contribution in [3.05, 3.63) is 21.6 Å². The van der Waals surface area contributed by atoms with Crippen molar-refractivity contribution in [2.45, 2.75) is 12.8 Å². The predicted octanol–water partition coefficient (Wildman–Crippen LogP) is 3.71. The van der Waals surface area contributed by atoms with E-state index < -0.39 is 0 Å². The quantitative estimate of drug-likeness (QED) is 0.823. The van der Waals surface area contributed by atoms with E-state index in [-0.39, 0.29) is 0 Å². The lowest BCUT2D eigenvalue weighted by Crippen LogP contribution is -2.18. The summed E-state index contributed by atoms with van der Waals surface area (Å²) in [7, 11) is 1.64. The molecule has 1 aliphatic heterocycles. The summed E-state index contributed by atoms with van der Waals surface area (Å²) in [6, 6.07) is 3.89. The van der Waals surface area contributed by atoms with E-state index in [0.717, 1.165) is 23.3 Å². The molecule has 0 radical (unpaired) electrons. The zero-order valence-corrected chi connectivity index (χ0v) is 10.9. The summed E-state index contributed by atoms with van der Waals surface area (Å²) < 4.78 is 6.26. The van der Waals surface area contributed by atoms with Gasteiger partial charge in [-0.15, -0.1) is 0 Å². The van der Waals surface area contributed by atoms with E-state index in [2.05, 4.69) is 20.8 Å². The van der Waals surface area contributed by atoms with Gasteiger partial charge >= 0.3 is 0 Å². The normalized spacial score (nSPS) is 15.8. The van der Waals surface area contributed by atoms with Crippen LogP contribution >= 0.6 is 27.5 Å². The van der Waals surface area contributed by atoms with Gasteiger partial charge in [0, 0.05) is 23.6 Å². The third-order valence-electron chi connectivity index (χ3n) is 2.67. The monoisotopic (exact) mass is 289 g/mol. The second kappa shape index (κ2) is 4.62. The molecule has 1 aliphatic rings. The smallest absolute Gasteiger partial charge is 0.139 e. The molecular weight excluding hydrogens is 277 g/mol. The van der Waals surface area contributed by atoms with Crippen LogP contribution in [0.1, 0.15) is 12.8 Å². The van der Waals surface area contributed by atoms with Gasteiger partial charge in [0.15, 0.2) is 0 Å². The molecule has 15 heavy (non-hydrogen) atoms. The van der Waals surface area contributed by atoms with Crippen molar-refractivity contribution in [2.75, 3.05) is 25.1 Å². The minimum Gasteiger partial charge on any atom is -0.495 e. The SMILES string of the molecule is COc1cc(N2CCCC2)c(Br)cc1Cl. The maximum Gasteiger partial charge on any atom is 0.139 e. The molecule has 1 saturated heterocycles. The maximum atomic E-state index is 6.03. The summed E-state index contributed by atoms with van der Waals surface area (Å²) >= 11 is 9.57. The van der Waals surface area contributed by atoms with Crippen molar-refractivity contribution in [3.63, 3.8) is 0 Å². The minimum absolute atomic E-state index is 0.646. The van der Waals surface area contributed by atoms with Crippen LogP contribution in [0.15, 0.2) is 16.6 Å². The Kier molecular flexibility index (Phi) is 3.42. The van der Waals surface area contributed by atoms with Crippen LogP contribution in [0.2, 0.25) is 5.02 Å². The van der Waals surface area contributed by atoms with Crippen molar-refractivity contribution in [2.24, 2.45) is 0 Å². The van der Waals surface area contributed by atoms with Gasteiger partial charge in [0.2, 0.25) is 0 Å². The standard InChI is InChI=1S/C11H13BrClNO/c1-15-11-7-10(8(12)6-9(11)13)14-4-2-3-5-14/h6-7H,2-5H2,1H3. The van der Waals surface area contributed by atoms with Gasteiger partial charge in [-0.3, -0.25) is 0 Å². The van der Waals surface area contributed by atoms with E-state index in [4.69, 9.17) is 16.3 Å². The number of rotatable bonds is 2. The van der Waals surface area contributed by atoms with Gasteiger partial charge in [0.25, 0.3) is 0 Å². The molecule has 2 rings (SSSR count). The summed E-state index contributed by atoms with van der Waals surface area (Å²) in [5.41, 5.74) is 1.17. The van der Waals surface area contributed by atoms with E-state index in [9.17, 15) is 0 Å². The molecule has 0 aliphatic carbocycles. The Labute approximate surface area is 103 Å².